The van der Waals surface area contributed by atoms with Crippen molar-refractivity contribution in [2.45, 2.75) is 23.5 Å². The molecule has 0 radical (unpaired) electrons. The maximum Gasteiger partial charge on any atom is 0.255 e. The second-order valence-electron chi connectivity index (χ2n) is 7.10. The Bertz CT molecular complexity index is 1240. The lowest BCUT2D eigenvalue weighted by atomic mass is 10.0. The number of aromatic nitrogens is 1. The van der Waals surface area contributed by atoms with E-state index in [1.807, 2.05) is 0 Å². The first-order valence-corrected chi connectivity index (χ1v) is 10.7. The van der Waals surface area contributed by atoms with Crippen molar-refractivity contribution in [2.24, 2.45) is 0 Å². The summed E-state index contributed by atoms with van der Waals surface area (Å²) in [4.78, 5) is 16.1. The third-order valence-electron chi connectivity index (χ3n) is 4.77. The lowest BCUT2D eigenvalue weighted by Gasteiger charge is -2.26. The number of anilines is 1. The van der Waals surface area contributed by atoms with E-state index in [4.69, 9.17) is 11.6 Å². The van der Waals surface area contributed by atoms with E-state index in [0.717, 1.165) is 6.07 Å². The van der Waals surface area contributed by atoms with Crippen LogP contribution >= 0.6 is 11.6 Å². The number of rotatable bonds is 5. The normalized spacial score (nSPS) is 11.9. The van der Waals surface area contributed by atoms with Gasteiger partial charge in [-0.2, -0.15) is 0 Å². The first-order valence-electron chi connectivity index (χ1n) is 8.85. The van der Waals surface area contributed by atoms with Gasteiger partial charge in [-0.1, -0.05) is 11.6 Å². The van der Waals surface area contributed by atoms with Crippen LogP contribution in [0.25, 0.3) is 0 Å². The Labute approximate surface area is 181 Å². The molecular formula is C21H16ClF3N2O3S. The molecule has 0 unspecified atom stereocenters. The number of pyridine rings is 1. The molecule has 5 nitrogen and oxygen atoms in total. The second kappa shape index (κ2) is 8.32. The van der Waals surface area contributed by atoms with Gasteiger partial charge in [0.25, 0.3) is 5.91 Å². The molecule has 162 valence electrons. The SMILES string of the molecule is CC(C)(c1ccncc1)S(=O)(=O)c1cc(C(=O)Nc2cc(F)c(F)c(F)c2)ccc1Cl. The van der Waals surface area contributed by atoms with E-state index in [1.54, 1.807) is 12.1 Å². The number of amides is 1. The van der Waals surface area contributed by atoms with Crippen LogP contribution in [0.2, 0.25) is 5.02 Å². The van der Waals surface area contributed by atoms with Gasteiger partial charge in [-0.3, -0.25) is 9.78 Å². The average molecular weight is 469 g/mol. The highest BCUT2D eigenvalue weighted by Gasteiger charge is 2.39. The zero-order valence-corrected chi connectivity index (χ0v) is 17.9. The molecule has 2 aromatic carbocycles. The Morgan fingerprint density at radius 1 is 1.00 bits per heavy atom. The Hall–Kier alpha value is -2.91. The van der Waals surface area contributed by atoms with Crippen molar-refractivity contribution in [1.29, 1.82) is 0 Å². The largest absolute Gasteiger partial charge is 0.322 e. The third kappa shape index (κ3) is 4.28. The number of hydrogen-bond acceptors (Lipinski definition) is 4. The van der Waals surface area contributed by atoms with E-state index < -0.39 is 37.9 Å². The van der Waals surface area contributed by atoms with Gasteiger partial charge in [-0.05, 0) is 49.7 Å². The molecule has 1 heterocycles. The summed E-state index contributed by atoms with van der Waals surface area (Å²) in [5, 5.41) is 2.10. The maximum absolute atomic E-state index is 13.4. The lowest BCUT2D eigenvalue weighted by Crippen LogP contribution is -2.30. The van der Waals surface area contributed by atoms with Gasteiger partial charge >= 0.3 is 0 Å². The van der Waals surface area contributed by atoms with E-state index in [0.29, 0.717) is 17.7 Å². The van der Waals surface area contributed by atoms with Crippen LogP contribution in [0.1, 0.15) is 29.8 Å². The second-order valence-corrected chi connectivity index (χ2v) is 9.98. The van der Waals surface area contributed by atoms with Gasteiger partial charge in [0.05, 0.1) is 14.7 Å². The first kappa shape index (κ1) is 22.8. The summed E-state index contributed by atoms with van der Waals surface area (Å²) >= 11 is 6.13. The van der Waals surface area contributed by atoms with E-state index >= 15 is 0 Å². The van der Waals surface area contributed by atoms with E-state index in [2.05, 4.69) is 10.3 Å². The summed E-state index contributed by atoms with van der Waals surface area (Å²) in [7, 11) is -4.08. The summed E-state index contributed by atoms with van der Waals surface area (Å²) in [6.07, 6.45) is 2.91. The summed E-state index contributed by atoms with van der Waals surface area (Å²) in [5.41, 5.74) is 0.00204. The predicted molar refractivity (Wildman–Crippen MR) is 110 cm³/mol. The molecule has 0 aliphatic heterocycles. The summed E-state index contributed by atoms with van der Waals surface area (Å²) in [6.45, 7) is 2.98. The quantitative estimate of drug-likeness (QED) is 0.528. The minimum Gasteiger partial charge on any atom is -0.322 e. The van der Waals surface area contributed by atoms with E-state index in [1.165, 1.54) is 38.4 Å². The van der Waals surface area contributed by atoms with Crippen molar-refractivity contribution in [1.82, 2.24) is 4.98 Å². The van der Waals surface area contributed by atoms with E-state index in [-0.39, 0.29) is 21.2 Å². The predicted octanol–water partition coefficient (Wildman–Crippen LogP) is 5.11. The Morgan fingerprint density at radius 2 is 1.58 bits per heavy atom. The number of sulfone groups is 1. The van der Waals surface area contributed by atoms with Crippen molar-refractivity contribution in [2.75, 3.05) is 5.32 Å². The number of carbonyl (C=O) groups is 1. The summed E-state index contributed by atoms with van der Waals surface area (Å²) in [6, 6.07) is 7.89. The number of benzene rings is 2. The maximum atomic E-state index is 13.4. The van der Waals surface area contributed by atoms with Crippen LogP contribution < -0.4 is 5.32 Å². The van der Waals surface area contributed by atoms with Gasteiger partial charge < -0.3 is 5.32 Å². The summed E-state index contributed by atoms with van der Waals surface area (Å²) in [5.74, 6) is -5.49. The molecule has 0 saturated heterocycles. The molecule has 31 heavy (non-hydrogen) atoms. The van der Waals surface area contributed by atoms with Gasteiger partial charge in [-0.25, -0.2) is 21.6 Å². The van der Waals surface area contributed by atoms with Crippen LogP contribution in [0.15, 0.2) is 59.8 Å². The smallest absolute Gasteiger partial charge is 0.255 e. The molecule has 10 heteroatoms. The van der Waals surface area contributed by atoms with Crippen LogP contribution in [0.5, 0.6) is 0 Å². The molecule has 0 bridgehead atoms. The molecule has 0 saturated carbocycles. The van der Waals surface area contributed by atoms with Gasteiger partial charge in [-0.15, -0.1) is 0 Å². The summed E-state index contributed by atoms with van der Waals surface area (Å²) < 4.78 is 65.2. The third-order valence-corrected chi connectivity index (χ3v) is 7.71. The molecule has 1 amide bonds. The van der Waals surface area contributed by atoms with Crippen LogP contribution in [0, 0.1) is 17.5 Å². The molecule has 1 N–H and O–H groups in total. The van der Waals surface area contributed by atoms with Gasteiger partial charge in [0.15, 0.2) is 27.3 Å². The molecule has 3 rings (SSSR count). The fourth-order valence-corrected chi connectivity index (χ4v) is 4.89. The minimum atomic E-state index is -4.08. The highest BCUT2D eigenvalue weighted by atomic mass is 35.5. The van der Waals surface area contributed by atoms with Crippen LogP contribution in [0.3, 0.4) is 0 Å². The van der Waals surface area contributed by atoms with Gasteiger partial charge in [0, 0.05) is 35.8 Å². The van der Waals surface area contributed by atoms with Crippen LogP contribution in [-0.4, -0.2) is 19.3 Å². The van der Waals surface area contributed by atoms with Crippen LogP contribution in [-0.2, 0) is 14.6 Å². The molecule has 0 aliphatic carbocycles. The van der Waals surface area contributed by atoms with Crippen molar-refractivity contribution >= 4 is 33.0 Å². The monoisotopic (exact) mass is 468 g/mol. The highest BCUT2D eigenvalue weighted by Crippen LogP contribution is 2.38. The molecule has 1 aromatic heterocycles. The number of carbonyl (C=O) groups excluding carboxylic acids is 1. The van der Waals surface area contributed by atoms with Crippen molar-refractivity contribution in [3.63, 3.8) is 0 Å². The minimum absolute atomic E-state index is 0.0995. The topological polar surface area (TPSA) is 76.1 Å². The van der Waals surface area contributed by atoms with Crippen molar-refractivity contribution in [3.05, 3.63) is 88.5 Å². The Kier molecular flexibility index (Phi) is 6.11. The molecule has 0 aliphatic rings. The zero-order chi connectivity index (χ0) is 23.0. The number of halogens is 4. The van der Waals surface area contributed by atoms with Gasteiger partial charge in [0.2, 0.25) is 0 Å². The standard InChI is InChI=1S/C21H16ClF3N2O3S/c1-21(2,13-5-7-26-8-6-13)31(29,30)18-9-12(3-4-15(18)22)20(28)27-14-10-16(23)19(25)17(24)11-14/h3-11H,1-2H3,(H,27,28). The lowest BCUT2D eigenvalue weighted by molar-refractivity contribution is 0.102. The number of hydrogen-bond donors (Lipinski definition) is 1. The fourth-order valence-electron chi connectivity index (χ4n) is 2.86. The fraction of sp³-hybridized carbons (Fsp3) is 0.143. The molecule has 0 atom stereocenters. The first-order chi connectivity index (χ1) is 14.4. The van der Waals surface area contributed by atoms with E-state index in [9.17, 15) is 26.4 Å². The molecular weight excluding hydrogens is 453 g/mol. The van der Waals surface area contributed by atoms with Crippen molar-refractivity contribution in [3.8, 4) is 0 Å². The highest BCUT2D eigenvalue weighted by molar-refractivity contribution is 7.92. The number of nitrogens with zero attached hydrogens (tertiary/aromatic N) is 1. The van der Waals surface area contributed by atoms with Crippen LogP contribution in [0.4, 0.5) is 18.9 Å². The van der Waals surface area contributed by atoms with Gasteiger partial charge in [0.1, 0.15) is 0 Å². The molecule has 3 aromatic rings. The molecule has 0 fully saturated rings. The number of nitrogens with one attached hydrogen (secondary N) is 1. The molecule has 0 spiro atoms. The Balaban J connectivity index is 1.99. The average Bonchev–Trinajstić information content (AvgIpc) is 2.72. The zero-order valence-electron chi connectivity index (χ0n) is 16.3. The van der Waals surface area contributed by atoms with Crippen molar-refractivity contribution < 1.29 is 26.4 Å². The Morgan fingerprint density at radius 3 is 2.16 bits per heavy atom.